The van der Waals surface area contributed by atoms with E-state index in [1.165, 1.54) is 0 Å². The number of methoxy groups -OCH3 is 1. The van der Waals surface area contributed by atoms with Gasteiger partial charge in [-0.25, -0.2) is 4.79 Å². The third-order valence-electron chi connectivity index (χ3n) is 2.25. The zero-order chi connectivity index (χ0) is 12.3. The zero-order valence-electron chi connectivity index (χ0n) is 9.30. The van der Waals surface area contributed by atoms with E-state index >= 15 is 0 Å². The minimum absolute atomic E-state index is 0.0164. The summed E-state index contributed by atoms with van der Waals surface area (Å²) in [6.45, 7) is 0. The molecule has 0 aliphatic carbocycles. The number of rotatable bonds is 3. The maximum atomic E-state index is 11.1. The molecule has 0 spiro atoms. The van der Waals surface area contributed by atoms with Crippen LogP contribution in [-0.4, -0.2) is 22.1 Å². The summed E-state index contributed by atoms with van der Waals surface area (Å²) in [5.74, 6) is 1.26. The van der Waals surface area contributed by atoms with Crippen LogP contribution in [0.25, 0.3) is 0 Å². The van der Waals surface area contributed by atoms with E-state index in [9.17, 15) is 4.79 Å². The zero-order valence-corrected chi connectivity index (χ0v) is 9.30. The van der Waals surface area contributed by atoms with Gasteiger partial charge < -0.3 is 10.5 Å². The molecule has 0 saturated heterocycles. The van der Waals surface area contributed by atoms with Crippen LogP contribution >= 0.6 is 0 Å². The second kappa shape index (κ2) is 4.65. The molecule has 2 rings (SSSR count). The number of nitrogen functional groups attached to an aromatic ring is 1. The highest BCUT2D eigenvalue weighted by Gasteiger charge is 2.02. The molecule has 88 valence electrons. The predicted octanol–water partition coefficient (Wildman–Crippen LogP) is 0.346. The Kier molecular flexibility index (Phi) is 3.04. The number of nitrogens with two attached hydrogens (primary N) is 1. The maximum absolute atomic E-state index is 11.1. The molecule has 1 aromatic heterocycles. The number of nitrogens with one attached hydrogen (secondary N) is 1. The smallest absolute Gasteiger partial charge is 0.349 e. The van der Waals surface area contributed by atoms with Gasteiger partial charge in [-0.15, -0.1) is 0 Å². The van der Waals surface area contributed by atoms with Crippen LogP contribution in [-0.2, 0) is 6.42 Å². The van der Waals surface area contributed by atoms with E-state index in [1.807, 2.05) is 24.3 Å². The first-order valence-corrected chi connectivity index (χ1v) is 5.03. The summed E-state index contributed by atoms with van der Waals surface area (Å²) in [6, 6.07) is 7.49. The molecule has 6 heteroatoms. The molecule has 0 amide bonds. The highest BCUT2D eigenvalue weighted by Crippen LogP contribution is 2.12. The molecule has 0 radical (unpaired) electrons. The predicted molar refractivity (Wildman–Crippen MR) is 62.9 cm³/mol. The number of benzene rings is 1. The van der Waals surface area contributed by atoms with E-state index in [4.69, 9.17) is 10.5 Å². The lowest BCUT2D eigenvalue weighted by Crippen LogP contribution is -2.17. The van der Waals surface area contributed by atoms with E-state index in [2.05, 4.69) is 15.0 Å². The fourth-order valence-electron chi connectivity index (χ4n) is 1.47. The molecule has 2 aromatic rings. The number of hydrogen-bond acceptors (Lipinski definition) is 5. The van der Waals surface area contributed by atoms with Gasteiger partial charge in [0.1, 0.15) is 11.6 Å². The summed E-state index contributed by atoms with van der Waals surface area (Å²) in [5.41, 5.74) is 5.91. The van der Waals surface area contributed by atoms with E-state index < -0.39 is 5.69 Å². The first-order valence-electron chi connectivity index (χ1n) is 5.03. The Morgan fingerprint density at radius 2 is 2.00 bits per heavy atom. The number of H-pyrrole nitrogens is 1. The van der Waals surface area contributed by atoms with Gasteiger partial charge in [0.15, 0.2) is 0 Å². The highest BCUT2D eigenvalue weighted by atomic mass is 16.5. The lowest BCUT2D eigenvalue weighted by Gasteiger charge is -2.03. The third kappa shape index (κ3) is 2.81. The summed E-state index contributed by atoms with van der Waals surface area (Å²) in [5, 5.41) is 0. The van der Waals surface area contributed by atoms with Crippen LogP contribution in [0, 0.1) is 0 Å². The van der Waals surface area contributed by atoms with Crippen LogP contribution in [0.4, 0.5) is 5.95 Å². The van der Waals surface area contributed by atoms with Gasteiger partial charge in [0, 0.05) is 6.42 Å². The molecule has 1 heterocycles. The number of aromatic nitrogens is 3. The summed E-state index contributed by atoms with van der Waals surface area (Å²) in [7, 11) is 1.61. The Hall–Kier alpha value is -2.37. The fourth-order valence-corrected chi connectivity index (χ4v) is 1.47. The van der Waals surface area contributed by atoms with Crippen LogP contribution in [0.1, 0.15) is 11.4 Å². The largest absolute Gasteiger partial charge is 0.497 e. The Morgan fingerprint density at radius 1 is 1.29 bits per heavy atom. The maximum Gasteiger partial charge on any atom is 0.349 e. The molecule has 17 heavy (non-hydrogen) atoms. The van der Waals surface area contributed by atoms with Gasteiger partial charge in [0.05, 0.1) is 7.11 Å². The second-order valence-electron chi connectivity index (χ2n) is 3.48. The molecule has 0 unspecified atom stereocenters. The molecule has 3 N–H and O–H groups in total. The van der Waals surface area contributed by atoms with Crippen molar-refractivity contribution in [3.63, 3.8) is 0 Å². The van der Waals surface area contributed by atoms with Crippen molar-refractivity contribution in [3.05, 3.63) is 46.1 Å². The number of nitrogens with zero attached hydrogens (tertiary/aromatic N) is 2. The van der Waals surface area contributed by atoms with Crippen LogP contribution in [0.5, 0.6) is 5.75 Å². The molecule has 6 nitrogen and oxygen atoms in total. The normalized spacial score (nSPS) is 10.2. The number of aromatic amines is 1. The van der Waals surface area contributed by atoms with Crippen molar-refractivity contribution >= 4 is 5.95 Å². The summed E-state index contributed by atoms with van der Waals surface area (Å²) in [4.78, 5) is 21.0. The fraction of sp³-hybridized carbons (Fsp3) is 0.182. The van der Waals surface area contributed by atoms with E-state index in [0.717, 1.165) is 11.3 Å². The standard InChI is InChI=1S/C11H12N4O2/c1-17-8-4-2-7(3-5-8)6-9-13-10(12)15-11(16)14-9/h2-5H,6H2,1H3,(H3,12,13,14,15,16). The number of ether oxygens (including phenoxy) is 1. The first kappa shape index (κ1) is 11.1. The summed E-state index contributed by atoms with van der Waals surface area (Å²) in [6.07, 6.45) is 0.492. The Morgan fingerprint density at radius 3 is 2.59 bits per heavy atom. The van der Waals surface area contributed by atoms with E-state index in [1.54, 1.807) is 7.11 Å². The Balaban J connectivity index is 2.22. The lowest BCUT2D eigenvalue weighted by atomic mass is 10.1. The van der Waals surface area contributed by atoms with Gasteiger partial charge >= 0.3 is 5.69 Å². The number of anilines is 1. The monoisotopic (exact) mass is 232 g/mol. The van der Waals surface area contributed by atoms with Gasteiger partial charge in [-0.1, -0.05) is 12.1 Å². The van der Waals surface area contributed by atoms with Gasteiger partial charge in [-0.3, -0.25) is 4.98 Å². The Labute approximate surface area is 97.5 Å². The quantitative estimate of drug-likeness (QED) is 0.796. The van der Waals surface area contributed by atoms with Crippen LogP contribution in [0.2, 0.25) is 0 Å². The molecule has 0 aliphatic rings. The minimum atomic E-state index is -0.485. The molecule has 1 aromatic carbocycles. The van der Waals surface area contributed by atoms with Crippen molar-refractivity contribution in [1.82, 2.24) is 15.0 Å². The summed E-state index contributed by atoms with van der Waals surface area (Å²) < 4.78 is 5.05. The average Bonchev–Trinajstić information content (AvgIpc) is 2.28. The van der Waals surface area contributed by atoms with Crippen LogP contribution in [0.3, 0.4) is 0 Å². The van der Waals surface area contributed by atoms with Gasteiger partial charge in [-0.2, -0.15) is 9.97 Å². The van der Waals surface area contributed by atoms with E-state index in [-0.39, 0.29) is 5.95 Å². The van der Waals surface area contributed by atoms with Gasteiger partial charge in [-0.05, 0) is 17.7 Å². The SMILES string of the molecule is COc1ccc(Cc2nc(N)nc(=O)[nH]2)cc1. The van der Waals surface area contributed by atoms with Gasteiger partial charge in [0.2, 0.25) is 5.95 Å². The van der Waals surface area contributed by atoms with Crippen LogP contribution < -0.4 is 16.2 Å². The molecule has 0 atom stereocenters. The third-order valence-corrected chi connectivity index (χ3v) is 2.25. The molecule has 0 fully saturated rings. The molecular formula is C11H12N4O2. The molecule has 0 bridgehead atoms. The topological polar surface area (TPSA) is 93.9 Å². The molecular weight excluding hydrogens is 220 g/mol. The van der Waals surface area contributed by atoms with Crippen molar-refractivity contribution in [3.8, 4) is 5.75 Å². The summed E-state index contributed by atoms with van der Waals surface area (Å²) >= 11 is 0. The van der Waals surface area contributed by atoms with Gasteiger partial charge in [0.25, 0.3) is 0 Å². The van der Waals surface area contributed by atoms with E-state index in [0.29, 0.717) is 12.2 Å². The van der Waals surface area contributed by atoms with Crippen molar-refractivity contribution in [2.45, 2.75) is 6.42 Å². The lowest BCUT2D eigenvalue weighted by molar-refractivity contribution is 0.414. The van der Waals surface area contributed by atoms with Crippen LogP contribution in [0.15, 0.2) is 29.1 Å². The first-order chi connectivity index (χ1) is 8.17. The molecule has 0 saturated carbocycles. The number of hydrogen-bond donors (Lipinski definition) is 2. The van der Waals surface area contributed by atoms with Crippen molar-refractivity contribution < 1.29 is 4.74 Å². The van der Waals surface area contributed by atoms with Crippen molar-refractivity contribution in [1.29, 1.82) is 0 Å². The minimum Gasteiger partial charge on any atom is -0.497 e. The van der Waals surface area contributed by atoms with Crippen molar-refractivity contribution in [2.75, 3.05) is 12.8 Å². The Bertz CT molecular complexity index is 562. The average molecular weight is 232 g/mol. The second-order valence-corrected chi connectivity index (χ2v) is 3.48. The molecule has 0 aliphatic heterocycles. The van der Waals surface area contributed by atoms with Crippen molar-refractivity contribution in [2.24, 2.45) is 0 Å². The highest BCUT2D eigenvalue weighted by molar-refractivity contribution is 5.29.